The maximum atomic E-state index is 2.37. The van der Waals surface area contributed by atoms with Gasteiger partial charge in [-0.15, -0.1) is 0 Å². The van der Waals surface area contributed by atoms with Gasteiger partial charge in [0, 0.05) is 11.8 Å². The third-order valence-corrected chi connectivity index (χ3v) is 4.40. The van der Waals surface area contributed by atoms with Crippen molar-refractivity contribution in [1.29, 1.82) is 0 Å². The third-order valence-electron chi connectivity index (χ3n) is 4.40. The number of hydrogen-bond donors (Lipinski definition) is 0. The van der Waals surface area contributed by atoms with Crippen LogP contribution in [0.25, 0.3) is 12.2 Å². The van der Waals surface area contributed by atoms with Crippen LogP contribution >= 0.6 is 0 Å². The first-order valence-corrected chi connectivity index (χ1v) is 6.89. The molecule has 2 aliphatic carbocycles. The first-order valence-electron chi connectivity index (χ1n) is 6.89. The monoisotopic (exact) mass is 244 g/mol. The summed E-state index contributed by atoms with van der Waals surface area (Å²) in [5.41, 5.74) is 7.20. The zero-order chi connectivity index (χ0) is 12.8. The lowest BCUT2D eigenvalue weighted by atomic mass is 9.81. The van der Waals surface area contributed by atoms with Crippen molar-refractivity contribution in [2.45, 2.75) is 18.8 Å². The minimum absolute atomic E-state index is 0.496. The van der Waals surface area contributed by atoms with Gasteiger partial charge in [0.05, 0.1) is 0 Å². The molecule has 2 aliphatic rings. The zero-order valence-electron chi connectivity index (χ0n) is 11.0. The second kappa shape index (κ2) is 3.96. The SMILES string of the molecule is CC1=Cc2ccccc2C1C1C=Cc2ccccc21. The molecule has 2 unspecified atom stereocenters. The Morgan fingerprint density at radius 2 is 1.47 bits per heavy atom. The number of hydrogen-bond acceptors (Lipinski definition) is 0. The summed E-state index contributed by atoms with van der Waals surface area (Å²) in [6, 6.07) is 17.5. The van der Waals surface area contributed by atoms with Crippen LogP contribution in [0.4, 0.5) is 0 Å². The van der Waals surface area contributed by atoms with Crippen molar-refractivity contribution < 1.29 is 0 Å². The number of benzene rings is 2. The molecule has 19 heavy (non-hydrogen) atoms. The van der Waals surface area contributed by atoms with Gasteiger partial charge in [0.15, 0.2) is 0 Å². The maximum Gasteiger partial charge on any atom is 0.0158 e. The molecule has 0 saturated carbocycles. The highest BCUT2D eigenvalue weighted by molar-refractivity contribution is 5.71. The van der Waals surface area contributed by atoms with Gasteiger partial charge in [-0.3, -0.25) is 0 Å². The molecule has 4 rings (SSSR count). The maximum absolute atomic E-state index is 2.37. The second-order valence-electron chi connectivity index (χ2n) is 5.51. The van der Waals surface area contributed by atoms with Gasteiger partial charge >= 0.3 is 0 Å². The molecule has 2 aromatic rings. The molecule has 0 N–H and O–H groups in total. The van der Waals surface area contributed by atoms with Crippen LogP contribution in [0.5, 0.6) is 0 Å². The van der Waals surface area contributed by atoms with Gasteiger partial charge in [-0.25, -0.2) is 0 Å². The average molecular weight is 244 g/mol. The van der Waals surface area contributed by atoms with E-state index in [4.69, 9.17) is 0 Å². The molecular formula is C19H16. The fourth-order valence-electron chi connectivity index (χ4n) is 3.55. The van der Waals surface area contributed by atoms with Crippen molar-refractivity contribution in [3.05, 3.63) is 82.4 Å². The second-order valence-corrected chi connectivity index (χ2v) is 5.51. The van der Waals surface area contributed by atoms with Gasteiger partial charge < -0.3 is 0 Å². The quantitative estimate of drug-likeness (QED) is 0.662. The lowest BCUT2D eigenvalue weighted by molar-refractivity contribution is 0.723. The lowest BCUT2D eigenvalue weighted by Crippen LogP contribution is -2.07. The summed E-state index contributed by atoms with van der Waals surface area (Å²) in [5.74, 6) is 1.01. The van der Waals surface area contributed by atoms with Crippen LogP contribution in [0.15, 0.2) is 60.2 Å². The third kappa shape index (κ3) is 1.53. The molecule has 2 aromatic carbocycles. The molecule has 0 spiro atoms. The highest BCUT2D eigenvalue weighted by Gasteiger charge is 2.32. The number of rotatable bonds is 1. The van der Waals surface area contributed by atoms with Crippen LogP contribution in [0, 0.1) is 0 Å². The Labute approximate surface area is 114 Å². The highest BCUT2D eigenvalue weighted by atomic mass is 14.3. The van der Waals surface area contributed by atoms with E-state index in [0.717, 1.165) is 0 Å². The van der Waals surface area contributed by atoms with E-state index in [1.54, 1.807) is 0 Å². The standard InChI is InChI=1S/C19H16/c1-13-12-15-7-3-5-9-17(15)19(13)18-11-10-14-6-2-4-8-16(14)18/h2-12,18-19H,1H3. The van der Waals surface area contributed by atoms with E-state index < -0.39 is 0 Å². The minimum Gasteiger partial charge on any atom is -0.0754 e. The molecule has 0 heteroatoms. The fraction of sp³-hybridized carbons (Fsp3) is 0.158. The topological polar surface area (TPSA) is 0 Å². The van der Waals surface area contributed by atoms with Gasteiger partial charge in [-0.1, -0.05) is 72.3 Å². The summed E-state index contributed by atoms with van der Waals surface area (Å²) in [7, 11) is 0. The molecule has 0 fully saturated rings. The van der Waals surface area contributed by atoms with Crippen molar-refractivity contribution in [2.75, 3.05) is 0 Å². The minimum atomic E-state index is 0.496. The van der Waals surface area contributed by atoms with E-state index >= 15 is 0 Å². The normalized spacial score (nSPS) is 23.1. The summed E-state index contributed by atoms with van der Waals surface area (Å²) in [6.45, 7) is 2.26. The molecule has 0 nitrogen and oxygen atoms in total. The first-order chi connectivity index (χ1) is 9.34. The van der Waals surface area contributed by atoms with E-state index in [-0.39, 0.29) is 0 Å². The van der Waals surface area contributed by atoms with E-state index in [2.05, 4.69) is 73.7 Å². The molecule has 0 amide bonds. The lowest BCUT2D eigenvalue weighted by Gasteiger charge is -2.22. The molecule has 0 aromatic heterocycles. The summed E-state index contributed by atoms with van der Waals surface area (Å²) < 4.78 is 0. The van der Waals surface area contributed by atoms with E-state index in [9.17, 15) is 0 Å². The van der Waals surface area contributed by atoms with Crippen LogP contribution in [0.3, 0.4) is 0 Å². The van der Waals surface area contributed by atoms with Gasteiger partial charge in [-0.05, 0) is 29.2 Å². The average Bonchev–Trinajstić information content (AvgIpc) is 2.98. The molecule has 92 valence electrons. The van der Waals surface area contributed by atoms with E-state index in [0.29, 0.717) is 11.8 Å². The predicted octanol–water partition coefficient (Wildman–Crippen LogP) is 5.00. The van der Waals surface area contributed by atoms with Crippen LogP contribution < -0.4 is 0 Å². The highest BCUT2D eigenvalue weighted by Crippen LogP contribution is 2.48. The molecular weight excluding hydrogens is 228 g/mol. The summed E-state index contributed by atoms with van der Waals surface area (Å²) >= 11 is 0. The zero-order valence-corrected chi connectivity index (χ0v) is 11.0. The van der Waals surface area contributed by atoms with E-state index in [1.807, 2.05) is 0 Å². The van der Waals surface area contributed by atoms with Crippen molar-refractivity contribution >= 4 is 12.2 Å². The fourth-order valence-corrected chi connectivity index (χ4v) is 3.55. The van der Waals surface area contributed by atoms with Gasteiger partial charge in [0.25, 0.3) is 0 Å². The number of allylic oxidation sites excluding steroid dienone is 2. The van der Waals surface area contributed by atoms with Crippen molar-refractivity contribution in [3.63, 3.8) is 0 Å². The van der Waals surface area contributed by atoms with Crippen LogP contribution in [0.1, 0.15) is 41.0 Å². The van der Waals surface area contributed by atoms with Crippen molar-refractivity contribution in [1.82, 2.24) is 0 Å². The Bertz CT molecular complexity index is 703. The van der Waals surface area contributed by atoms with Crippen LogP contribution in [-0.2, 0) is 0 Å². The van der Waals surface area contributed by atoms with Gasteiger partial charge in [-0.2, -0.15) is 0 Å². The van der Waals surface area contributed by atoms with Gasteiger partial charge in [0.1, 0.15) is 0 Å². The summed E-state index contributed by atoms with van der Waals surface area (Å²) in [6.07, 6.45) is 6.98. The molecule has 0 bridgehead atoms. The Balaban J connectivity index is 1.84. The Morgan fingerprint density at radius 1 is 0.789 bits per heavy atom. The predicted molar refractivity (Wildman–Crippen MR) is 81.1 cm³/mol. The Morgan fingerprint density at radius 3 is 2.32 bits per heavy atom. The summed E-state index contributed by atoms with van der Waals surface area (Å²) in [4.78, 5) is 0. The van der Waals surface area contributed by atoms with Crippen LogP contribution in [-0.4, -0.2) is 0 Å². The van der Waals surface area contributed by atoms with E-state index in [1.165, 1.54) is 27.8 Å². The first kappa shape index (κ1) is 10.8. The Hall–Kier alpha value is -2.08. The Kier molecular flexibility index (Phi) is 2.25. The number of fused-ring (bicyclic) bond motifs is 2. The van der Waals surface area contributed by atoms with Crippen LogP contribution in [0.2, 0.25) is 0 Å². The summed E-state index contributed by atoms with van der Waals surface area (Å²) in [5, 5.41) is 0. The largest absolute Gasteiger partial charge is 0.0754 e. The molecule has 0 radical (unpaired) electrons. The van der Waals surface area contributed by atoms with Gasteiger partial charge in [0.2, 0.25) is 0 Å². The van der Waals surface area contributed by atoms with Crippen molar-refractivity contribution in [3.8, 4) is 0 Å². The molecule has 2 atom stereocenters. The molecule has 0 heterocycles. The molecule has 0 saturated heterocycles. The molecule has 0 aliphatic heterocycles. The van der Waals surface area contributed by atoms with Crippen molar-refractivity contribution in [2.24, 2.45) is 0 Å². The smallest absolute Gasteiger partial charge is 0.0158 e.